The molecule has 2 N–H and O–H groups in total. The maximum absolute atomic E-state index is 12.1. The molecule has 3 rings (SSSR count). The lowest BCUT2D eigenvalue weighted by Crippen LogP contribution is -2.29. The maximum atomic E-state index is 12.1. The summed E-state index contributed by atoms with van der Waals surface area (Å²) < 4.78 is 16.9. The number of carbonyl (C=O) groups is 1. The number of rotatable bonds is 10. The SMILES string of the molecule is CC(C)Oc1ccc(CNC(=O)CNc2ccc(OCC3CCCO3)cc2)cc1. The van der Waals surface area contributed by atoms with Crippen molar-refractivity contribution >= 4 is 11.6 Å². The molecule has 1 heterocycles. The largest absolute Gasteiger partial charge is 0.491 e. The quantitative estimate of drug-likeness (QED) is 0.638. The maximum Gasteiger partial charge on any atom is 0.239 e. The van der Waals surface area contributed by atoms with Crippen molar-refractivity contribution in [2.75, 3.05) is 25.1 Å². The van der Waals surface area contributed by atoms with Crippen molar-refractivity contribution in [3.05, 3.63) is 54.1 Å². The van der Waals surface area contributed by atoms with Gasteiger partial charge in [0, 0.05) is 18.8 Å². The van der Waals surface area contributed by atoms with E-state index in [0.717, 1.165) is 42.2 Å². The van der Waals surface area contributed by atoms with Crippen molar-refractivity contribution in [2.45, 2.75) is 45.4 Å². The highest BCUT2D eigenvalue weighted by Crippen LogP contribution is 2.18. The molecule has 6 nitrogen and oxygen atoms in total. The van der Waals surface area contributed by atoms with Gasteiger partial charge in [-0.05, 0) is 68.7 Å². The molecule has 2 aromatic rings. The van der Waals surface area contributed by atoms with Gasteiger partial charge in [0.25, 0.3) is 0 Å². The number of carbonyl (C=O) groups excluding carboxylic acids is 1. The number of amides is 1. The van der Waals surface area contributed by atoms with E-state index in [1.165, 1.54) is 0 Å². The predicted molar refractivity (Wildman–Crippen MR) is 113 cm³/mol. The lowest BCUT2D eigenvalue weighted by atomic mass is 10.2. The summed E-state index contributed by atoms with van der Waals surface area (Å²) in [6, 6.07) is 15.4. The van der Waals surface area contributed by atoms with E-state index in [9.17, 15) is 4.79 Å². The van der Waals surface area contributed by atoms with Crippen LogP contribution in [-0.4, -0.2) is 37.9 Å². The Morgan fingerprint density at radius 3 is 2.48 bits per heavy atom. The number of ether oxygens (including phenoxy) is 3. The predicted octanol–water partition coefficient (Wildman–Crippen LogP) is 3.76. The lowest BCUT2D eigenvalue weighted by Gasteiger charge is -2.12. The van der Waals surface area contributed by atoms with Crippen LogP contribution < -0.4 is 20.1 Å². The molecule has 1 atom stereocenters. The fraction of sp³-hybridized carbons (Fsp3) is 0.435. The average molecular weight is 399 g/mol. The molecule has 1 unspecified atom stereocenters. The minimum atomic E-state index is -0.0637. The summed E-state index contributed by atoms with van der Waals surface area (Å²) in [7, 11) is 0. The number of nitrogens with one attached hydrogen (secondary N) is 2. The molecule has 0 radical (unpaired) electrons. The van der Waals surface area contributed by atoms with Gasteiger partial charge in [-0.1, -0.05) is 12.1 Å². The molecule has 1 aliphatic rings. The van der Waals surface area contributed by atoms with Crippen molar-refractivity contribution in [2.24, 2.45) is 0 Å². The molecular formula is C23H30N2O4. The van der Waals surface area contributed by atoms with Crippen LogP contribution >= 0.6 is 0 Å². The van der Waals surface area contributed by atoms with Gasteiger partial charge in [0.1, 0.15) is 18.1 Å². The molecule has 29 heavy (non-hydrogen) atoms. The van der Waals surface area contributed by atoms with Crippen LogP contribution in [0, 0.1) is 0 Å². The minimum absolute atomic E-state index is 0.0637. The van der Waals surface area contributed by atoms with Gasteiger partial charge in [-0.3, -0.25) is 4.79 Å². The third kappa shape index (κ3) is 7.31. The number of anilines is 1. The Balaban J connectivity index is 1.35. The first kappa shape index (κ1) is 21.0. The highest BCUT2D eigenvalue weighted by atomic mass is 16.5. The van der Waals surface area contributed by atoms with Crippen LogP contribution in [0.5, 0.6) is 11.5 Å². The van der Waals surface area contributed by atoms with Crippen molar-refractivity contribution in [3.63, 3.8) is 0 Å². The van der Waals surface area contributed by atoms with E-state index < -0.39 is 0 Å². The zero-order valence-corrected chi connectivity index (χ0v) is 17.1. The second-order valence-corrected chi connectivity index (χ2v) is 7.41. The van der Waals surface area contributed by atoms with E-state index in [2.05, 4.69) is 10.6 Å². The van der Waals surface area contributed by atoms with E-state index in [1.807, 2.05) is 62.4 Å². The smallest absolute Gasteiger partial charge is 0.239 e. The Labute approximate surface area is 172 Å². The molecule has 1 fully saturated rings. The second kappa shape index (κ2) is 10.7. The third-order valence-electron chi connectivity index (χ3n) is 4.55. The molecule has 0 spiro atoms. The Bertz CT molecular complexity index is 753. The van der Waals surface area contributed by atoms with Crippen LogP contribution in [0.4, 0.5) is 5.69 Å². The number of hydrogen-bond acceptors (Lipinski definition) is 5. The summed E-state index contributed by atoms with van der Waals surface area (Å²) in [4.78, 5) is 12.1. The van der Waals surface area contributed by atoms with Crippen LogP contribution in [0.3, 0.4) is 0 Å². The van der Waals surface area contributed by atoms with Gasteiger partial charge in [0.15, 0.2) is 0 Å². The fourth-order valence-corrected chi connectivity index (χ4v) is 3.04. The second-order valence-electron chi connectivity index (χ2n) is 7.41. The fourth-order valence-electron chi connectivity index (χ4n) is 3.04. The normalized spacial score (nSPS) is 15.9. The van der Waals surface area contributed by atoms with E-state index in [0.29, 0.717) is 13.2 Å². The highest BCUT2D eigenvalue weighted by molar-refractivity contribution is 5.80. The summed E-state index contributed by atoms with van der Waals surface area (Å²) in [6.07, 6.45) is 2.52. The Kier molecular flexibility index (Phi) is 7.76. The highest BCUT2D eigenvalue weighted by Gasteiger charge is 2.15. The summed E-state index contributed by atoms with van der Waals surface area (Å²) in [6.45, 7) is 6.10. The van der Waals surface area contributed by atoms with Crippen LogP contribution in [0.15, 0.2) is 48.5 Å². The molecule has 2 aromatic carbocycles. The summed E-state index contributed by atoms with van der Waals surface area (Å²) >= 11 is 0. The molecule has 6 heteroatoms. The Morgan fingerprint density at radius 1 is 1.10 bits per heavy atom. The molecule has 0 aromatic heterocycles. The van der Waals surface area contributed by atoms with Crippen molar-refractivity contribution in [1.82, 2.24) is 5.32 Å². The van der Waals surface area contributed by atoms with Gasteiger partial charge < -0.3 is 24.8 Å². The molecule has 0 bridgehead atoms. The first-order valence-electron chi connectivity index (χ1n) is 10.2. The monoisotopic (exact) mass is 398 g/mol. The first-order valence-corrected chi connectivity index (χ1v) is 10.2. The lowest BCUT2D eigenvalue weighted by molar-refractivity contribution is -0.119. The number of benzene rings is 2. The molecular weight excluding hydrogens is 368 g/mol. The van der Waals surface area contributed by atoms with Gasteiger partial charge >= 0.3 is 0 Å². The third-order valence-corrected chi connectivity index (χ3v) is 4.55. The van der Waals surface area contributed by atoms with Gasteiger partial charge in [-0.15, -0.1) is 0 Å². The average Bonchev–Trinajstić information content (AvgIpc) is 3.24. The molecule has 0 saturated carbocycles. The zero-order valence-electron chi connectivity index (χ0n) is 17.1. The first-order chi connectivity index (χ1) is 14.1. The van der Waals surface area contributed by atoms with Crippen molar-refractivity contribution < 1.29 is 19.0 Å². The Morgan fingerprint density at radius 2 is 1.83 bits per heavy atom. The Hall–Kier alpha value is -2.73. The molecule has 1 saturated heterocycles. The molecule has 156 valence electrons. The van der Waals surface area contributed by atoms with E-state index in [-0.39, 0.29) is 24.7 Å². The van der Waals surface area contributed by atoms with Gasteiger partial charge in [0.05, 0.1) is 18.8 Å². The molecule has 1 aliphatic heterocycles. The summed E-state index contributed by atoms with van der Waals surface area (Å²) in [5, 5.41) is 6.04. The molecule has 1 amide bonds. The topological polar surface area (TPSA) is 68.8 Å². The van der Waals surface area contributed by atoms with Crippen LogP contribution in [0.2, 0.25) is 0 Å². The van der Waals surface area contributed by atoms with Gasteiger partial charge in [-0.25, -0.2) is 0 Å². The van der Waals surface area contributed by atoms with Crippen LogP contribution in [0.1, 0.15) is 32.3 Å². The van der Waals surface area contributed by atoms with Crippen molar-refractivity contribution in [3.8, 4) is 11.5 Å². The molecule has 0 aliphatic carbocycles. The van der Waals surface area contributed by atoms with Crippen LogP contribution in [0.25, 0.3) is 0 Å². The van der Waals surface area contributed by atoms with Gasteiger partial charge in [0.2, 0.25) is 5.91 Å². The van der Waals surface area contributed by atoms with E-state index in [4.69, 9.17) is 14.2 Å². The zero-order chi connectivity index (χ0) is 20.5. The minimum Gasteiger partial charge on any atom is -0.491 e. The van der Waals surface area contributed by atoms with Gasteiger partial charge in [-0.2, -0.15) is 0 Å². The standard InChI is InChI=1S/C23H30N2O4/c1-17(2)29-21-9-5-18(6-10-21)14-25-23(26)15-24-19-7-11-20(12-8-19)28-16-22-4-3-13-27-22/h5-12,17,22,24H,3-4,13-16H2,1-2H3,(H,25,26). The summed E-state index contributed by atoms with van der Waals surface area (Å²) in [5.41, 5.74) is 1.90. The van der Waals surface area contributed by atoms with E-state index in [1.54, 1.807) is 0 Å². The number of hydrogen-bond donors (Lipinski definition) is 2. The summed E-state index contributed by atoms with van der Waals surface area (Å²) in [5.74, 6) is 1.58. The van der Waals surface area contributed by atoms with Crippen molar-refractivity contribution in [1.29, 1.82) is 0 Å². The van der Waals surface area contributed by atoms with E-state index >= 15 is 0 Å². The van der Waals surface area contributed by atoms with Crippen LogP contribution in [-0.2, 0) is 16.1 Å².